The van der Waals surface area contributed by atoms with Gasteiger partial charge in [-0.05, 0) is 17.7 Å². The average molecular weight is 307 g/mol. The monoisotopic (exact) mass is 307 g/mol. The van der Waals surface area contributed by atoms with Crippen molar-refractivity contribution in [3.05, 3.63) is 52.0 Å². The number of thiazole rings is 1. The highest BCUT2D eigenvalue weighted by atomic mass is 32.2. The van der Waals surface area contributed by atoms with Crippen LogP contribution in [0.15, 0.2) is 35.2 Å². The average Bonchev–Trinajstić information content (AvgIpc) is 2.92. The summed E-state index contributed by atoms with van der Waals surface area (Å²) in [7, 11) is -1.85. The van der Waals surface area contributed by atoms with Gasteiger partial charge in [0.15, 0.2) is 0 Å². The lowest BCUT2D eigenvalue weighted by Crippen LogP contribution is -2.27. The Hall–Kier alpha value is -1.75. The highest BCUT2D eigenvalue weighted by molar-refractivity contribution is 7.88. The molecule has 1 aromatic heterocycles. The topological polar surface area (TPSA) is 74.1 Å². The predicted molar refractivity (Wildman–Crippen MR) is 77.4 cm³/mol. The van der Waals surface area contributed by atoms with Crippen molar-refractivity contribution in [2.24, 2.45) is 0 Å². The predicted octanol–water partition coefficient (Wildman–Crippen LogP) is 1.98. The Morgan fingerprint density at radius 1 is 1.35 bits per heavy atom. The zero-order valence-corrected chi connectivity index (χ0v) is 12.5. The summed E-state index contributed by atoms with van der Waals surface area (Å²) in [5, 5.41) is 10.5. The van der Waals surface area contributed by atoms with Gasteiger partial charge in [-0.15, -0.1) is 11.3 Å². The third-order valence-corrected chi connectivity index (χ3v) is 5.19. The van der Waals surface area contributed by atoms with Crippen LogP contribution in [-0.4, -0.2) is 24.8 Å². The fraction of sp³-hybridized carbons (Fsp3) is 0.231. The first-order valence-electron chi connectivity index (χ1n) is 5.81. The maximum atomic E-state index is 12.2. The third kappa shape index (κ3) is 3.63. The zero-order chi connectivity index (χ0) is 14.6. The van der Waals surface area contributed by atoms with E-state index in [-0.39, 0.29) is 12.3 Å². The van der Waals surface area contributed by atoms with Crippen molar-refractivity contribution in [3.8, 4) is 6.07 Å². The van der Waals surface area contributed by atoms with Gasteiger partial charge < -0.3 is 0 Å². The number of hydrogen-bond acceptors (Lipinski definition) is 5. The molecule has 1 aromatic carbocycles. The summed E-state index contributed by atoms with van der Waals surface area (Å²) >= 11 is 1.44. The van der Waals surface area contributed by atoms with E-state index in [1.165, 1.54) is 15.6 Å². The van der Waals surface area contributed by atoms with Crippen LogP contribution < -0.4 is 0 Å². The highest BCUT2D eigenvalue weighted by Gasteiger charge is 2.19. The molecule has 0 N–H and O–H groups in total. The molecule has 2 aromatic rings. The van der Waals surface area contributed by atoms with Gasteiger partial charge in [-0.25, -0.2) is 13.4 Å². The van der Waals surface area contributed by atoms with E-state index in [2.05, 4.69) is 4.98 Å². The Kier molecular flexibility index (Phi) is 4.49. The summed E-state index contributed by atoms with van der Waals surface area (Å²) in [5.74, 6) is -0.0840. The van der Waals surface area contributed by atoms with Crippen molar-refractivity contribution < 1.29 is 8.42 Å². The van der Waals surface area contributed by atoms with Crippen LogP contribution in [-0.2, 0) is 22.3 Å². The summed E-state index contributed by atoms with van der Waals surface area (Å²) in [6.45, 7) is 0.266. The Morgan fingerprint density at radius 2 is 2.05 bits per heavy atom. The van der Waals surface area contributed by atoms with Crippen LogP contribution in [0, 0.1) is 11.3 Å². The second kappa shape index (κ2) is 6.13. The minimum atomic E-state index is -3.39. The normalized spacial score (nSPS) is 11.4. The minimum absolute atomic E-state index is 0.0840. The van der Waals surface area contributed by atoms with Crippen molar-refractivity contribution in [2.75, 3.05) is 7.05 Å². The van der Waals surface area contributed by atoms with E-state index in [0.29, 0.717) is 11.1 Å². The molecule has 0 unspecified atom stereocenters. The summed E-state index contributed by atoms with van der Waals surface area (Å²) in [4.78, 5) is 4.08. The Morgan fingerprint density at radius 3 is 2.60 bits per heavy atom. The van der Waals surface area contributed by atoms with Gasteiger partial charge in [0.2, 0.25) is 10.0 Å². The van der Waals surface area contributed by atoms with Crippen LogP contribution >= 0.6 is 11.3 Å². The van der Waals surface area contributed by atoms with Crippen molar-refractivity contribution >= 4 is 21.4 Å². The van der Waals surface area contributed by atoms with E-state index in [4.69, 9.17) is 5.26 Å². The lowest BCUT2D eigenvalue weighted by Gasteiger charge is -2.16. The van der Waals surface area contributed by atoms with Crippen molar-refractivity contribution in [3.63, 3.8) is 0 Å². The second-order valence-electron chi connectivity index (χ2n) is 4.30. The lowest BCUT2D eigenvalue weighted by molar-refractivity contribution is 0.462. The van der Waals surface area contributed by atoms with E-state index >= 15 is 0 Å². The quantitative estimate of drug-likeness (QED) is 0.846. The molecule has 0 saturated carbocycles. The number of hydrogen-bond donors (Lipinski definition) is 0. The number of sulfonamides is 1. The van der Waals surface area contributed by atoms with Crippen LogP contribution in [0.4, 0.5) is 0 Å². The minimum Gasteiger partial charge on any atom is -0.248 e. The molecule has 0 saturated heterocycles. The number of rotatable bonds is 5. The maximum absolute atomic E-state index is 12.2. The first-order chi connectivity index (χ1) is 9.51. The second-order valence-corrected chi connectivity index (χ2v) is 7.10. The molecule has 104 valence electrons. The van der Waals surface area contributed by atoms with Gasteiger partial charge in [0.05, 0.1) is 35.1 Å². The van der Waals surface area contributed by atoms with E-state index in [1.54, 1.807) is 36.8 Å². The highest BCUT2D eigenvalue weighted by Crippen LogP contribution is 2.13. The first kappa shape index (κ1) is 14.7. The summed E-state index contributed by atoms with van der Waals surface area (Å²) < 4.78 is 25.7. The van der Waals surface area contributed by atoms with Gasteiger partial charge in [0.1, 0.15) is 0 Å². The molecule has 1 heterocycles. The molecule has 0 aliphatic rings. The molecule has 2 rings (SSSR count). The maximum Gasteiger partial charge on any atom is 0.218 e. The van der Waals surface area contributed by atoms with Gasteiger partial charge in [0, 0.05) is 12.4 Å². The smallest absolute Gasteiger partial charge is 0.218 e. The third-order valence-electron chi connectivity index (χ3n) is 2.78. The van der Waals surface area contributed by atoms with Crippen molar-refractivity contribution in [2.45, 2.75) is 12.3 Å². The van der Waals surface area contributed by atoms with E-state index in [9.17, 15) is 8.42 Å². The van der Waals surface area contributed by atoms with Gasteiger partial charge in [-0.2, -0.15) is 9.57 Å². The molecule has 0 spiro atoms. The molecule has 0 radical (unpaired) electrons. The summed E-state index contributed by atoms with van der Waals surface area (Å²) in [6.07, 6.45) is 0. The molecule has 0 atom stereocenters. The van der Waals surface area contributed by atoms with E-state index < -0.39 is 10.0 Å². The molecular formula is C13H13N3O2S2. The van der Waals surface area contributed by atoms with Gasteiger partial charge in [-0.3, -0.25) is 0 Å². The number of benzene rings is 1. The Bertz CT molecular complexity index is 701. The van der Waals surface area contributed by atoms with Crippen LogP contribution in [0.2, 0.25) is 0 Å². The fourth-order valence-corrected chi connectivity index (χ4v) is 3.35. The molecule has 0 bridgehead atoms. The summed E-state index contributed by atoms with van der Waals surface area (Å²) in [6, 6.07) is 8.55. The van der Waals surface area contributed by atoms with Gasteiger partial charge >= 0.3 is 0 Å². The standard InChI is InChI=1S/C13H13N3O2S2/c1-16(7-13-8-19-10-15-13)20(17,18)9-12-4-2-11(6-14)3-5-12/h2-5,8,10H,7,9H2,1H3. The molecule has 0 aliphatic carbocycles. The fourth-order valence-electron chi connectivity index (χ4n) is 1.64. The molecule has 0 aliphatic heterocycles. The van der Waals surface area contributed by atoms with E-state index in [1.807, 2.05) is 11.4 Å². The zero-order valence-electron chi connectivity index (χ0n) is 10.9. The van der Waals surface area contributed by atoms with Crippen LogP contribution in [0.25, 0.3) is 0 Å². The molecule has 7 heteroatoms. The molecule has 0 fully saturated rings. The van der Waals surface area contributed by atoms with Crippen molar-refractivity contribution in [1.29, 1.82) is 5.26 Å². The Labute approximate surface area is 122 Å². The van der Waals surface area contributed by atoms with E-state index in [0.717, 1.165) is 5.69 Å². The first-order valence-corrected chi connectivity index (χ1v) is 8.36. The Balaban J connectivity index is 2.08. The SMILES string of the molecule is CN(Cc1cscn1)S(=O)(=O)Cc1ccc(C#N)cc1. The molecule has 20 heavy (non-hydrogen) atoms. The van der Waals surface area contributed by atoms with Crippen LogP contribution in [0.3, 0.4) is 0 Å². The van der Waals surface area contributed by atoms with Crippen molar-refractivity contribution in [1.82, 2.24) is 9.29 Å². The summed E-state index contributed by atoms with van der Waals surface area (Å²) in [5.41, 5.74) is 3.59. The largest absolute Gasteiger partial charge is 0.248 e. The van der Waals surface area contributed by atoms with Crippen LogP contribution in [0.1, 0.15) is 16.8 Å². The molecule has 5 nitrogen and oxygen atoms in total. The molecule has 0 amide bonds. The van der Waals surface area contributed by atoms with Crippen LogP contribution in [0.5, 0.6) is 0 Å². The van der Waals surface area contributed by atoms with Gasteiger partial charge in [0.25, 0.3) is 0 Å². The number of aromatic nitrogens is 1. The molecular weight excluding hydrogens is 294 g/mol. The number of nitriles is 1. The lowest BCUT2D eigenvalue weighted by atomic mass is 10.2. The van der Waals surface area contributed by atoms with Gasteiger partial charge in [-0.1, -0.05) is 12.1 Å². The number of nitrogens with zero attached hydrogens (tertiary/aromatic N) is 3.